The first-order valence-electron chi connectivity index (χ1n) is 7.19. The van der Waals surface area contributed by atoms with Crippen LogP contribution in [-0.4, -0.2) is 30.9 Å². The molecule has 130 valence electrons. The van der Waals surface area contributed by atoms with E-state index in [1.54, 1.807) is 0 Å². The summed E-state index contributed by atoms with van der Waals surface area (Å²) in [6.45, 7) is -1.09. The van der Waals surface area contributed by atoms with Gasteiger partial charge in [-0.15, -0.1) is 0 Å². The normalized spacial score (nSPS) is 10.0. The van der Waals surface area contributed by atoms with Gasteiger partial charge in [0.25, 0.3) is 11.8 Å². The highest BCUT2D eigenvalue weighted by Crippen LogP contribution is 2.08. The van der Waals surface area contributed by atoms with Crippen molar-refractivity contribution >= 4 is 23.5 Å². The number of hydrogen-bond acceptors (Lipinski definition) is 4. The highest BCUT2D eigenvalue weighted by atomic mass is 19.1. The summed E-state index contributed by atoms with van der Waals surface area (Å²) < 4.78 is 30.8. The maximum atomic E-state index is 13.4. The van der Waals surface area contributed by atoms with Crippen molar-refractivity contribution in [2.45, 2.75) is 0 Å². The first-order chi connectivity index (χ1) is 12.0. The minimum Gasteiger partial charge on any atom is -0.454 e. The van der Waals surface area contributed by atoms with E-state index in [-0.39, 0.29) is 5.56 Å². The maximum Gasteiger partial charge on any atom is 0.325 e. The van der Waals surface area contributed by atoms with Crippen molar-refractivity contribution in [2.75, 3.05) is 18.5 Å². The van der Waals surface area contributed by atoms with E-state index in [0.717, 1.165) is 6.07 Å². The van der Waals surface area contributed by atoms with Gasteiger partial charge in [0.05, 0.1) is 5.56 Å². The van der Waals surface area contributed by atoms with Gasteiger partial charge < -0.3 is 15.4 Å². The fraction of sp³-hybridized carbons (Fsp3) is 0.118. The molecule has 0 aliphatic rings. The monoisotopic (exact) mass is 348 g/mol. The van der Waals surface area contributed by atoms with Gasteiger partial charge in [-0.25, -0.2) is 8.78 Å². The third kappa shape index (κ3) is 5.69. The summed E-state index contributed by atoms with van der Waals surface area (Å²) in [6, 6.07) is 10.3. The Balaban J connectivity index is 1.73. The van der Waals surface area contributed by atoms with Crippen LogP contribution in [0.3, 0.4) is 0 Å². The van der Waals surface area contributed by atoms with Crippen molar-refractivity contribution in [3.8, 4) is 0 Å². The van der Waals surface area contributed by atoms with E-state index in [1.165, 1.54) is 42.5 Å². The fourth-order valence-corrected chi connectivity index (χ4v) is 1.82. The molecule has 0 aliphatic heterocycles. The van der Waals surface area contributed by atoms with E-state index in [2.05, 4.69) is 15.4 Å². The Labute approximate surface area is 141 Å². The largest absolute Gasteiger partial charge is 0.454 e. The lowest BCUT2D eigenvalue weighted by Crippen LogP contribution is -2.32. The molecule has 2 aromatic rings. The third-order valence-electron chi connectivity index (χ3n) is 3.00. The summed E-state index contributed by atoms with van der Waals surface area (Å²) in [5.41, 5.74) is 0.139. The van der Waals surface area contributed by atoms with Crippen LogP contribution in [0.15, 0.2) is 48.5 Å². The molecule has 6 nitrogen and oxygen atoms in total. The van der Waals surface area contributed by atoms with Crippen LogP contribution in [0, 0.1) is 11.6 Å². The topological polar surface area (TPSA) is 84.5 Å². The zero-order valence-electron chi connectivity index (χ0n) is 12.9. The van der Waals surface area contributed by atoms with Crippen molar-refractivity contribution in [1.29, 1.82) is 0 Å². The Hall–Kier alpha value is -3.29. The molecule has 0 aliphatic carbocycles. The number of esters is 1. The van der Waals surface area contributed by atoms with Crippen LogP contribution in [0.2, 0.25) is 0 Å². The SMILES string of the molecule is O=C(COC(=O)CNC(=O)c1ccccc1F)Nc1ccc(F)cc1. The van der Waals surface area contributed by atoms with E-state index < -0.39 is 42.6 Å². The molecule has 2 N–H and O–H groups in total. The van der Waals surface area contributed by atoms with Gasteiger partial charge in [-0.1, -0.05) is 12.1 Å². The number of amides is 2. The number of rotatable bonds is 6. The molecule has 0 saturated carbocycles. The van der Waals surface area contributed by atoms with Crippen molar-refractivity contribution in [3.63, 3.8) is 0 Å². The summed E-state index contributed by atoms with van der Waals surface area (Å²) in [6.07, 6.45) is 0. The minimum absolute atomic E-state index is 0.204. The molecule has 0 fully saturated rings. The lowest BCUT2D eigenvalue weighted by molar-refractivity contribution is -0.146. The molecule has 8 heteroatoms. The highest BCUT2D eigenvalue weighted by Gasteiger charge is 2.13. The Bertz CT molecular complexity index is 778. The van der Waals surface area contributed by atoms with Gasteiger partial charge in [0.1, 0.15) is 18.2 Å². The van der Waals surface area contributed by atoms with Gasteiger partial charge in [0.2, 0.25) is 0 Å². The number of halogens is 2. The first kappa shape index (κ1) is 18.1. The molecule has 0 radical (unpaired) electrons. The molecule has 0 spiro atoms. The summed E-state index contributed by atoms with van der Waals surface area (Å²) in [4.78, 5) is 34.8. The van der Waals surface area contributed by atoms with Gasteiger partial charge in [-0.05, 0) is 36.4 Å². The molecular weight excluding hydrogens is 334 g/mol. The number of ether oxygens (including phenoxy) is 1. The Kier molecular flexibility index (Phi) is 6.16. The Morgan fingerprint density at radius 1 is 0.960 bits per heavy atom. The highest BCUT2D eigenvalue weighted by molar-refractivity contribution is 5.96. The van der Waals surface area contributed by atoms with Crippen molar-refractivity contribution in [3.05, 3.63) is 65.7 Å². The van der Waals surface area contributed by atoms with Crippen LogP contribution in [0.25, 0.3) is 0 Å². The molecule has 25 heavy (non-hydrogen) atoms. The van der Waals surface area contributed by atoms with Crippen LogP contribution < -0.4 is 10.6 Å². The molecule has 2 rings (SSSR count). The van der Waals surface area contributed by atoms with Crippen molar-refractivity contribution in [2.24, 2.45) is 0 Å². The number of anilines is 1. The van der Waals surface area contributed by atoms with E-state index in [9.17, 15) is 23.2 Å². The summed E-state index contributed by atoms with van der Waals surface area (Å²) in [5.74, 6) is -3.42. The average molecular weight is 348 g/mol. The second-order valence-electron chi connectivity index (χ2n) is 4.88. The van der Waals surface area contributed by atoms with Crippen LogP contribution in [0.5, 0.6) is 0 Å². The molecule has 2 amide bonds. The quantitative estimate of drug-likeness (QED) is 0.781. The number of benzene rings is 2. The second kappa shape index (κ2) is 8.53. The van der Waals surface area contributed by atoms with Gasteiger partial charge in [-0.2, -0.15) is 0 Å². The molecule has 0 unspecified atom stereocenters. The predicted molar refractivity (Wildman–Crippen MR) is 84.7 cm³/mol. The maximum absolute atomic E-state index is 13.4. The Morgan fingerprint density at radius 3 is 2.32 bits per heavy atom. The number of carbonyl (C=O) groups is 3. The smallest absolute Gasteiger partial charge is 0.325 e. The number of nitrogens with one attached hydrogen (secondary N) is 2. The predicted octanol–water partition coefficient (Wildman–Crippen LogP) is 1.88. The lowest BCUT2D eigenvalue weighted by Gasteiger charge is -2.08. The van der Waals surface area contributed by atoms with Crippen LogP contribution in [0.4, 0.5) is 14.5 Å². The van der Waals surface area contributed by atoms with Gasteiger partial charge in [-0.3, -0.25) is 14.4 Å². The zero-order valence-corrected chi connectivity index (χ0v) is 12.9. The molecule has 0 bridgehead atoms. The van der Waals surface area contributed by atoms with E-state index in [1.807, 2.05) is 0 Å². The summed E-state index contributed by atoms with van der Waals surface area (Å²) in [5, 5.41) is 4.60. The lowest BCUT2D eigenvalue weighted by atomic mass is 10.2. The number of hydrogen-bond donors (Lipinski definition) is 2. The van der Waals surface area contributed by atoms with Gasteiger partial charge in [0, 0.05) is 5.69 Å². The van der Waals surface area contributed by atoms with Crippen LogP contribution >= 0.6 is 0 Å². The molecule has 0 heterocycles. The van der Waals surface area contributed by atoms with Gasteiger partial charge in [0.15, 0.2) is 6.61 Å². The standard InChI is InChI=1S/C17H14F2N2O4/c18-11-5-7-12(8-6-11)21-15(22)10-25-16(23)9-20-17(24)13-3-1-2-4-14(13)19/h1-8H,9-10H2,(H,20,24)(H,21,22). The number of carbonyl (C=O) groups excluding carboxylic acids is 3. The first-order valence-corrected chi connectivity index (χ1v) is 7.19. The second-order valence-corrected chi connectivity index (χ2v) is 4.88. The van der Waals surface area contributed by atoms with E-state index >= 15 is 0 Å². The molecule has 0 aromatic heterocycles. The summed E-state index contributed by atoms with van der Waals surface area (Å²) >= 11 is 0. The zero-order chi connectivity index (χ0) is 18.2. The molecular formula is C17H14F2N2O4. The van der Waals surface area contributed by atoms with Crippen LogP contribution in [-0.2, 0) is 14.3 Å². The van der Waals surface area contributed by atoms with Crippen molar-refractivity contribution in [1.82, 2.24) is 5.32 Å². The molecule has 0 saturated heterocycles. The average Bonchev–Trinajstić information content (AvgIpc) is 2.60. The Morgan fingerprint density at radius 2 is 1.64 bits per heavy atom. The molecule has 0 atom stereocenters. The molecule has 2 aromatic carbocycles. The van der Waals surface area contributed by atoms with E-state index in [4.69, 9.17) is 0 Å². The summed E-state index contributed by atoms with van der Waals surface area (Å²) in [7, 11) is 0. The third-order valence-corrected chi connectivity index (χ3v) is 3.00. The fourth-order valence-electron chi connectivity index (χ4n) is 1.82. The van der Waals surface area contributed by atoms with Gasteiger partial charge >= 0.3 is 5.97 Å². The minimum atomic E-state index is -0.862. The van der Waals surface area contributed by atoms with Crippen molar-refractivity contribution < 1.29 is 27.9 Å². The van der Waals surface area contributed by atoms with E-state index in [0.29, 0.717) is 5.69 Å². The van der Waals surface area contributed by atoms with Crippen LogP contribution in [0.1, 0.15) is 10.4 Å².